The molecule has 0 saturated carbocycles. The molecule has 0 aromatic heterocycles. The Bertz CT molecular complexity index is 782. The first kappa shape index (κ1) is 12.8. The molecule has 0 fully saturated rings. The zero-order valence-electron chi connectivity index (χ0n) is 11.4. The number of hydrogen-bond donors (Lipinski definition) is 2. The van der Waals surface area contributed by atoms with E-state index < -0.39 is 5.97 Å². The van der Waals surface area contributed by atoms with Gasteiger partial charge in [0.15, 0.2) is 11.5 Å². The number of fused-ring (bicyclic) bond motifs is 1. The lowest BCUT2D eigenvalue weighted by Crippen LogP contribution is -2.18. The zero-order chi connectivity index (χ0) is 15.3. The van der Waals surface area contributed by atoms with Crippen molar-refractivity contribution in [2.24, 2.45) is 0 Å². The van der Waals surface area contributed by atoms with Crippen molar-refractivity contribution in [3.8, 4) is 23.0 Å². The molecule has 4 rings (SSSR count). The maximum absolute atomic E-state index is 11.0. The first-order chi connectivity index (χ1) is 10.6. The molecule has 0 radical (unpaired) electrons. The van der Waals surface area contributed by atoms with Gasteiger partial charge < -0.3 is 24.4 Å². The molecular formula is C16H12O6. The van der Waals surface area contributed by atoms with Crippen LogP contribution in [0.2, 0.25) is 0 Å². The minimum absolute atomic E-state index is 0.196. The molecule has 2 N–H and O–H groups in total. The smallest absolute Gasteiger partial charge is 0.339 e. The van der Waals surface area contributed by atoms with Crippen LogP contribution in [0.4, 0.5) is 0 Å². The predicted molar refractivity (Wildman–Crippen MR) is 74.6 cm³/mol. The Labute approximate surface area is 125 Å². The number of carboxylic acid groups (broad SMARTS) is 1. The van der Waals surface area contributed by atoms with Crippen LogP contribution in [0.15, 0.2) is 30.3 Å². The van der Waals surface area contributed by atoms with E-state index in [2.05, 4.69) is 0 Å². The highest BCUT2D eigenvalue weighted by Crippen LogP contribution is 2.47. The van der Waals surface area contributed by atoms with Gasteiger partial charge in [0.05, 0.1) is 6.42 Å². The molecule has 0 spiro atoms. The second-order valence-corrected chi connectivity index (χ2v) is 5.18. The highest BCUT2D eigenvalue weighted by molar-refractivity contribution is 5.91. The van der Waals surface area contributed by atoms with E-state index in [4.69, 9.17) is 19.3 Å². The van der Waals surface area contributed by atoms with Crippen LogP contribution in [0.25, 0.3) is 0 Å². The average Bonchev–Trinajstić information content (AvgIpc) is 3.08. The Balaban J connectivity index is 1.56. The molecule has 2 heterocycles. The summed E-state index contributed by atoms with van der Waals surface area (Å²) >= 11 is 0. The average molecular weight is 300 g/mol. The van der Waals surface area contributed by atoms with Crippen LogP contribution in [0.1, 0.15) is 21.5 Å². The van der Waals surface area contributed by atoms with Crippen LogP contribution < -0.4 is 14.2 Å². The molecule has 2 aliphatic rings. The van der Waals surface area contributed by atoms with E-state index in [1.54, 1.807) is 0 Å². The number of carboxylic acids is 1. The van der Waals surface area contributed by atoms with Gasteiger partial charge in [0.2, 0.25) is 6.29 Å². The summed E-state index contributed by atoms with van der Waals surface area (Å²) in [6.07, 6.45) is 0.538. The van der Waals surface area contributed by atoms with Crippen molar-refractivity contribution in [1.82, 2.24) is 0 Å². The fourth-order valence-electron chi connectivity index (χ4n) is 2.66. The molecule has 6 nitrogen and oxygen atoms in total. The van der Waals surface area contributed by atoms with Crippen molar-refractivity contribution in [2.75, 3.05) is 0 Å². The minimum Gasteiger partial charge on any atom is -0.507 e. The van der Waals surface area contributed by atoms with Crippen molar-refractivity contribution in [3.05, 3.63) is 47.0 Å². The van der Waals surface area contributed by atoms with Crippen molar-refractivity contribution in [2.45, 2.75) is 19.3 Å². The lowest BCUT2D eigenvalue weighted by Gasteiger charge is -2.14. The number of aromatic hydroxyl groups is 1. The Morgan fingerprint density at radius 1 is 1.23 bits per heavy atom. The molecule has 22 heavy (non-hydrogen) atoms. The first-order valence-corrected chi connectivity index (χ1v) is 6.79. The van der Waals surface area contributed by atoms with Crippen molar-refractivity contribution < 1.29 is 29.2 Å². The van der Waals surface area contributed by atoms with Gasteiger partial charge in [0.1, 0.15) is 23.7 Å². The van der Waals surface area contributed by atoms with E-state index in [0.29, 0.717) is 11.5 Å². The summed E-state index contributed by atoms with van der Waals surface area (Å²) in [6.45, 7) is 0.225. The van der Waals surface area contributed by atoms with Gasteiger partial charge in [-0.3, -0.25) is 0 Å². The number of carbonyl (C=O) groups is 1. The van der Waals surface area contributed by atoms with E-state index in [0.717, 1.165) is 23.3 Å². The number of benzene rings is 2. The van der Waals surface area contributed by atoms with Crippen LogP contribution in [-0.4, -0.2) is 22.5 Å². The monoisotopic (exact) mass is 300 g/mol. The number of rotatable bonds is 4. The zero-order valence-corrected chi connectivity index (χ0v) is 11.4. The van der Waals surface area contributed by atoms with Gasteiger partial charge in [0, 0.05) is 11.1 Å². The lowest BCUT2D eigenvalue weighted by molar-refractivity contribution is 0.0639. The molecule has 2 bridgehead atoms. The number of phenols is 1. The standard InChI is InChI=1S/C16H12O6/c17-12-4-3-10(6-11(12)16(18)19)20-7-9-2-1-8-5-13-21-14(8)15(9)22-13/h1-4,6,13,17H,5,7H2,(H,18,19). The Hall–Kier alpha value is -2.89. The molecule has 6 heteroatoms. The molecular weight excluding hydrogens is 288 g/mol. The van der Waals surface area contributed by atoms with Crippen LogP contribution >= 0.6 is 0 Å². The lowest BCUT2D eigenvalue weighted by atomic mass is 10.1. The Morgan fingerprint density at radius 3 is 2.82 bits per heavy atom. The van der Waals surface area contributed by atoms with Gasteiger partial charge in [-0.15, -0.1) is 0 Å². The molecule has 2 aromatic carbocycles. The van der Waals surface area contributed by atoms with Gasteiger partial charge in [-0.25, -0.2) is 4.79 Å². The molecule has 1 unspecified atom stereocenters. The quantitative estimate of drug-likeness (QED) is 0.901. The molecule has 0 aliphatic carbocycles. The van der Waals surface area contributed by atoms with Gasteiger partial charge in [0.25, 0.3) is 0 Å². The summed E-state index contributed by atoms with van der Waals surface area (Å²) < 4.78 is 16.8. The molecule has 112 valence electrons. The number of ether oxygens (including phenoxy) is 3. The van der Waals surface area contributed by atoms with Crippen LogP contribution in [0.5, 0.6) is 23.0 Å². The number of aromatic carboxylic acids is 1. The summed E-state index contributed by atoms with van der Waals surface area (Å²) in [5.74, 6) is 0.343. The van der Waals surface area contributed by atoms with Crippen LogP contribution in [0.3, 0.4) is 0 Å². The van der Waals surface area contributed by atoms with E-state index in [1.807, 2.05) is 12.1 Å². The summed E-state index contributed by atoms with van der Waals surface area (Å²) in [5.41, 5.74) is 1.78. The maximum atomic E-state index is 11.0. The van der Waals surface area contributed by atoms with E-state index in [-0.39, 0.29) is 24.2 Å². The van der Waals surface area contributed by atoms with Crippen molar-refractivity contribution in [3.63, 3.8) is 0 Å². The fraction of sp³-hybridized carbons (Fsp3) is 0.188. The van der Waals surface area contributed by atoms with Crippen molar-refractivity contribution in [1.29, 1.82) is 0 Å². The van der Waals surface area contributed by atoms with Crippen LogP contribution in [0, 0.1) is 0 Å². The SMILES string of the molecule is O=C(O)c1cc(OCc2ccc3c4c2OC(C3)O4)ccc1O. The molecule has 1 atom stereocenters. The molecule has 0 amide bonds. The van der Waals surface area contributed by atoms with Gasteiger partial charge in [-0.05, 0) is 18.2 Å². The summed E-state index contributed by atoms with van der Waals surface area (Å²) in [4.78, 5) is 11.0. The minimum atomic E-state index is -1.21. The predicted octanol–water partition coefficient (Wildman–Crippen LogP) is 2.32. The topological polar surface area (TPSA) is 85.2 Å². The van der Waals surface area contributed by atoms with Crippen molar-refractivity contribution >= 4 is 5.97 Å². The summed E-state index contributed by atoms with van der Waals surface area (Å²) in [5, 5.41) is 18.5. The summed E-state index contributed by atoms with van der Waals surface area (Å²) in [7, 11) is 0. The largest absolute Gasteiger partial charge is 0.507 e. The molecule has 2 aliphatic heterocycles. The van der Waals surface area contributed by atoms with E-state index in [1.165, 1.54) is 18.2 Å². The first-order valence-electron chi connectivity index (χ1n) is 6.79. The van der Waals surface area contributed by atoms with Crippen LogP contribution in [-0.2, 0) is 13.0 Å². The van der Waals surface area contributed by atoms with E-state index >= 15 is 0 Å². The summed E-state index contributed by atoms with van der Waals surface area (Å²) in [6, 6.07) is 8.00. The van der Waals surface area contributed by atoms with Gasteiger partial charge in [-0.2, -0.15) is 0 Å². The molecule has 0 saturated heterocycles. The third kappa shape index (κ3) is 1.92. The highest BCUT2D eigenvalue weighted by atomic mass is 16.7. The fourth-order valence-corrected chi connectivity index (χ4v) is 2.66. The van der Waals surface area contributed by atoms with E-state index in [9.17, 15) is 9.90 Å². The highest BCUT2D eigenvalue weighted by Gasteiger charge is 2.36. The third-order valence-electron chi connectivity index (χ3n) is 3.75. The Kier molecular flexibility index (Phi) is 2.66. The van der Waals surface area contributed by atoms with Gasteiger partial charge >= 0.3 is 5.97 Å². The van der Waals surface area contributed by atoms with Gasteiger partial charge in [-0.1, -0.05) is 12.1 Å². The molecule has 2 aromatic rings. The maximum Gasteiger partial charge on any atom is 0.339 e. The second-order valence-electron chi connectivity index (χ2n) is 5.18. The Morgan fingerprint density at radius 2 is 2.05 bits per heavy atom. The third-order valence-corrected chi connectivity index (χ3v) is 3.75. The second kappa shape index (κ2) is 4.56. The normalized spacial score (nSPS) is 17.0. The number of hydrogen-bond acceptors (Lipinski definition) is 5.